The lowest BCUT2D eigenvalue weighted by molar-refractivity contribution is -0.231. The van der Waals surface area contributed by atoms with Crippen LogP contribution < -0.4 is 0 Å². The second-order valence-electron chi connectivity index (χ2n) is 7.22. The van der Waals surface area contributed by atoms with Crippen LogP contribution in [0.25, 0.3) is 11.0 Å². The largest absolute Gasteiger partial charge is 0.508 e. The summed E-state index contributed by atoms with van der Waals surface area (Å²) in [6.45, 7) is -0.567. The molecule has 1 fully saturated rings. The first-order valence-electron chi connectivity index (χ1n) is 9.21. The van der Waals surface area contributed by atoms with Crippen molar-refractivity contribution in [2.24, 2.45) is 0 Å². The highest BCUT2D eigenvalue weighted by Crippen LogP contribution is 2.41. The van der Waals surface area contributed by atoms with Crippen LogP contribution in [0.4, 0.5) is 0 Å². The van der Waals surface area contributed by atoms with E-state index in [1.165, 1.54) is 6.07 Å². The predicted molar refractivity (Wildman–Crippen MR) is 102 cm³/mol. The molecule has 1 aliphatic heterocycles. The quantitative estimate of drug-likeness (QED) is 0.379. The van der Waals surface area contributed by atoms with Gasteiger partial charge in [0.15, 0.2) is 0 Å². The highest BCUT2D eigenvalue weighted by atomic mass is 16.5. The zero-order valence-corrected chi connectivity index (χ0v) is 15.3. The molecule has 1 aliphatic rings. The van der Waals surface area contributed by atoms with E-state index in [2.05, 4.69) is 0 Å². The monoisotopic (exact) mass is 402 g/mol. The Kier molecular flexibility index (Phi) is 5.20. The van der Waals surface area contributed by atoms with Crippen molar-refractivity contribution in [1.29, 1.82) is 0 Å². The van der Waals surface area contributed by atoms with Gasteiger partial charge in [-0.15, -0.1) is 0 Å². The van der Waals surface area contributed by atoms with Gasteiger partial charge in [0.2, 0.25) is 0 Å². The Morgan fingerprint density at radius 3 is 2.28 bits per heavy atom. The summed E-state index contributed by atoms with van der Waals surface area (Å²) in [5.74, 6) is 0.544. The summed E-state index contributed by atoms with van der Waals surface area (Å²) in [6.07, 6.45) is -6.46. The number of fused-ring (bicyclic) bond motifs is 1. The standard InChI is InChI=1S/C21H22O8/c22-9-15-17(25)18(26)19(27)21(29-15)16-14(24)6-3-11-8-13(28-20(11)16)7-10-1-4-12(23)5-2-10/h1-6,8,15,17-19,21-27H,7,9H2. The first-order valence-corrected chi connectivity index (χ1v) is 9.21. The van der Waals surface area contributed by atoms with E-state index in [1.54, 1.807) is 36.4 Å². The molecule has 0 saturated carbocycles. The molecule has 8 heteroatoms. The summed E-state index contributed by atoms with van der Waals surface area (Å²) in [7, 11) is 0. The number of phenols is 2. The fraction of sp³-hybridized carbons (Fsp3) is 0.333. The van der Waals surface area contributed by atoms with E-state index in [4.69, 9.17) is 9.15 Å². The van der Waals surface area contributed by atoms with Gasteiger partial charge >= 0.3 is 0 Å². The highest BCUT2D eigenvalue weighted by molar-refractivity contribution is 5.84. The predicted octanol–water partition coefficient (Wildman–Crippen LogP) is 0.950. The van der Waals surface area contributed by atoms with E-state index >= 15 is 0 Å². The first-order chi connectivity index (χ1) is 13.9. The van der Waals surface area contributed by atoms with Crippen LogP contribution in [0.2, 0.25) is 0 Å². The minimum absolute atomic E-state index is 0.136. The third kappa shape index (κ3) is 3.57. The van der Waals surface area contributed by atoms with Crippen molar-refractivity contribution < 1.29 is 39.8 Å². The van der Waals surface area contributed by atoms with Gasteiger partial charge in [-0.25, -0.2) is 0 Å². The van der Waals surface area contributed by atoms with E-state index in [0.717, 1.165) is 5.56 Å². The van der Waals surface area contributed by atoms with Crippen molar-refractivity contribution in [3.8, 4) is 11.5 Å². The van der Waals surface area contributed by atoms with Gasteiger partial charge in [0.25, 0.3) is 0 Å². The Morgan fingerprint density at radius 1 is 0.862 bits per heavy atom. The Labute approximate surface area is 165 Å². The lowest BCUT2D eigenvalue weighted by atomic mass is 9.90. The minimum Gasteiger partial charge on any atom is -0.508 e. The number of aliphatic hydroxyl groups is 4. The Balaban J connectivity index is 1.73. The molecule has 5 atom stereocenters. The molecule has 4 rings (SSSR count). The number of aromatic hydroxyl groups is 2. The second kappa shape index (κ2) is 7.66. The van der Waals surface area contributed by atoms with Gasteiger partial charge in [-0.3, -0.25) is 0 Å². The molecule has 154 valence electrons. The molecule has 0 bridgehead atoms. The van der Waals surface area contributed by atoms with Crippen molar-refractivity contribution in [3.05, 3.63) is 59.4 Å². The van der Waals surface area contributed by atoms with Gasteiger partial charge in [-0.2, -0.15) is 0 Å². The molecule has 5 unspecified atom stereocenters. The van der Waals surface area contributed by atoms with Crippen LogP contribution >= 0.6 is 0 Å². The summed E-state index contributed by atoms with van der Waals surface area (Å²) in [4.78, 5) is 0. The Morgan fingerprint density at radius 2 is 1.59 bits per heavy atom. The molecule has 0 amide bonds. The van der Waals surface area contributed by atoms with Crippen molar-refractivity contribution in [2.45, 2.75) is 36.9 Å². The number of benzene rings is 2. The smallest absolute Gasteiger partial charge is 0.143 e. The molecule has 29 heavy (non-hydrogen) atoms. The summed E-state index contributed by atoms with van der Waals surface area (Å²) in [5.41, 5.74) is 1.32. The van der Waals surface area contributed by atoms with Gasteiger partial charge in [0, 0.05) is 11.8 Å². The fourth-order valence-electron chi connectivity index (χ4n) is 3.68. The van der Waals surface area contributed by atoms with Crippen LogP contribution in [0.15, 0.2) is 46.9 Å². The molecule has 6 N–H and O–H groups in total. The number of phenolic OH excluding ortho intramolecular Hbond substituents is 2. The van der Waals surface area contributed by atoms with E-state index in [9.17, 15) is 30.6 Å². The number of rotatable bonds is 4. The van der Waals surface area contributed by atoms with Gasteiger partial charge in [-0.1, -0.05) is 12.1 Å². The average molecular weight is 402 g/mol. The van der Waals surface area contributed by atoms with E-state index < -0.39 is 37.1 Å². The summed E-state index contributed by atoms with van der Waals surface area (Å²) < 4.78 is 11.5. The Hall–Kier alpha value is -2.62. The number of ether oxygens (including phenoxy) is 1. The topological polar surface area (TPSA) is 144 Å². The van der Waals surface area contributed by atoms with Gasteiger partial charge in [-0.05, 0) is 35.9 Å². The SMILES string of the molecule is OCC1OC(c2c(O)ccc3cc(Cc4ccc(O)cc4)oc23)C(O)C(O)C1O. The molecule has 8 nitrogen and oxygen atoms in total. The van der Waals surface area contributed by atoms with Crippen molar-refractivity contribution in [3.63, 3.8) is 0 Å². The number of hydrogen-bond acceptors (Lipinski definition) is 8. The van der Waals surface area contributed by atoms with E-state index in [0.29, 0.717) is 17.6 Å². The number of aliphatic hydroxyl groups excluding tert-OH is 4. The minimum atomic E-state index is -1.56. The fourth-order valence-corrected chi connectivity index (χ4v) is 3.68. The molecule has 0 aliphatic carbocycles. The molecule has 2 aromatic carbocycles. The maximum absolute atomic E-state index is 10.4. The molecule has 1 aromatic heterocycles. The molecule has 0 spiro atoms. The second-order valence-corrected chi connectivity index (χ2v) is 7.22. The highest BCUT2D eigenvalue weighted by Gasteiger charge is 2.45. The normalized spacial score (nSPS) is 27.4. The summed E-state index contributed by atoms with van der Waals surface area (Å²) in [6, 6.07) is 11.5. The maximum atomic E-state index is 10.4. The molecule has 0 radical (unpaired) electrons. The van der Waals surface area contributed by atoms with Crippen LogP contribution in [0.1, 0.15) is 23.0 Å². The maximum Gasteiger partial charge on any atom is 0.143 e. The number of furan rings is 1. The Bertz CT molecular complexity index is 994. The van der Waals surface area contributed by atoms with Crippen LogP contribution in [0.5, 0.6) is 11.5 Å². The average Bonchev–Trinajstić information content (AvgIpc) is 3.11. The molecular weight excluding hydrogens is 380 g/mol. The van der Waals surface area contributed by atoms with E-state index in [-0.39, 0.29) is 22.6 Å². The van der Waals surface area contributed by atoms with Gasteiger partial charge in [0.05, 0.1) is 12.2 Å². The number of hydrogen-bond donors (Lipinski definition) is 6. The van der Waals surface area contributed by atoms with Gasteiger partial charge < -0.3 is 39.8 Å². The summed E-state index contributed by atoms with van der Waals surface area (Å²) in [5, 5.41) is 60.4. The third-order valence-corrected chi connectivity index (χ3v) is 5.24. The summed E-state index contributed by atoms with van der Waals surface area (Å²) >= 11 is 0. The van der Waals surface area contributed by atoms with Crippen molar-refractivity contribution in [1.82, 2.24) is 0 Å². The van der Waals surface area contributed by atoms with Crippen molar-refractivity contribution in [2.75, 3.05) is 6.61 Å². The first kappa shape index (κ1) is 19.7. The van der Waals surface area contributed by atoms with Crippen LogP contribution in [-0.2, 0) is 11.2 Å². The third-order valence-electron chi connectivity index (χ3n) is 5.24. The van der Waals surface area contributed by atoms with Gasteiger partial charge in [0.1, 0.15) is 53.4 Å². The molecule has 1 saturated heterocycles. The lowest BCUT2D eigenvalue weighted by Crippen LogP contribution is -2.55. The van der Waals surface area contributed by atoms with Crippen LogP contribution in [0.3, 0.4) is 0 Å². The van der Waals surface area contributed by atoms with Crippen LogP contribution in [0, 0.1) is 0 Å². The molecular formula is C21H22O8. The van der Waals surface area contributed by atoms with Crippen molar-refractivity contribution >= 4 is 11.0 Å². The van der Waals surface area contributed by atoms with Crippen LogP contribution in [-0.4, -0.2) is 61.7 Å². The zero-order valence-electron chi connectivity index (χ0n) is 15.3. The molecule has 2 heterocycles. The molecule has 3 aromatic rings. The zero-order chi connectivity index (χ0) is 20.7. The lowest BCUT2D eigenvalue weighted by Gasteiger charge is -2.40. The van der Waals surface area contributed by atoms with E-state index in [1.807, 2.05) is 0 Å².